The van der Waals surface area contributed by atoms with E-state index in [9.17, 15) is 25.9 Å². The van der Waals surface area contributed by atoms with Crippen LogP contribution in [0.1, 0.15) is 295 Å². The second-order valence-corrected chi connectivity index (χ2v) is 22.6. The van der Waals surface area contributed by atoms with Crippen molar-refractivity contribution in [3.05, 3.63) is 59.7 Å². The van der Waals surface area contributed by atoms with Gasteiger partial charge >= 0.3 is 23.1 Å². The molecule has 0 bridgehead atoms. The van der Waals surface area contributed by atoms with Crippen molar-refractivity contribution in [3.8, 4) is 0 Å². The topological polar surface area (TPSA) is 114 Å². The molecule has 67 heavy (non-hydrogen) atoms. The Balaban J connectivity index is 0.00000128. The fourth-order valence-electron chi connectivity index (χ4n) is 9.24. The predicted octanol–water partition coefficient (Wildman–Crippen LogP) is 18.3. The summed E-state index contributed by atoms with van der Waals surface area (Å²) in [6.45, 7) is 4.57. The van der Waals surface area contributed by atoms with Gasteiger partial charge in [-0.05, 0) is 61.1 Å². The van der Waals surface area contributed by atoms with Crippen molar-refractivity contribution in [3.63, 3.8) is 0 Å². The van der Waals surface area contributed by atoms with Gasteiger partial charge in [0.05, 0.1) is 9.79 Å². The summed E-state index contributed by atoms with van der Waals surface area (Å²) in [5.41, 5.74) is 1.90. The molecule has 0 aliphatic heterocycles. The minimum atomic E-state index is -4.34. The third-order valence-corrected chi connectivity index (χ3v) is 15.2. The summed E-state index contributed by atoms with van der Waals surface area (Å²) < 4.78 is 66.6. The molecule has 0 radical (unpaired) electrons. The zero-order valence-corrected chi connectivity index (χ0v) is 46.8. The van der Waals surface area contributed by atoms with E-state index in [1.807, 2.05) is 12.1 Å². The molecular formula is C58H102MgO6S2. The van der Waals surface area contributed by atoms with E-state index >= 15 is 0 Å². The number of hydrogen-bond acceptors (Lipinski definition) is 6. The molecule has 384 valence electrons. The van der Waals surface area contributed by atoms with Gasteiger partial charge in [-0.1, -0.05) is 295 Å². The van der Waals surface area contributed by atoms with E-state index in [0.717, 1.165) is 36.8 Å². The van der Waals surface area contributed by atoms with Gasteiger partial charge in [0, 0.05) is 0 Å². The molecule has 0 aliphatic rings. The van der Waals surface area contributed by atoms with E-state index in [2.05, 4.69) is 13.8 Å². The summed E-state index contributed by atoms with van der Waals surface area (Å²) in [6, 6.07) is 13.0. The van der Waals surface area contributed by atoms with Gasteiger partial charge in [-0.2, -0.15) is 0 Å². The molecule has 0 saturated carbocycles. The largest absolute Gasteiger partial charge is 2.00 e. The maximum Gasteiger partial charge on any atom is 2.00 e. The SMILES string of the molecule is CCCCCCCCCCCCCCCCCCCCCCCc1cccc(S(=O)(=O)[O-])c1.CCCCCCCCCCCCCCCCCCCCCCCc1cccc(S(=O)(=O)[O-])c1.[Mg+2]. The molecule has 0 N–H and O–H groups in total. The summed E-state index contributed by atoms with van der Waals surface area (Å²) in [4.78, 5) is -0.216. The minimum Gasteiger partial charge on any atom is -0.744 e. The third kappa shape index (κ3) is 43.5. The van der Waals surface area contributed by atoms with Crippen molar-refractivity contribution >= 4 is 43.3 Å². The Kier molecular flexibility index (Phi) is 46.7. The fraction of sp³-hybridized carbons (Fsp3) is 0.793. The standard InChI is InChI=1S/2C29H52O3S.Mg/c2*1-2-3-4-5-6-7-8-9-10-11-12-13-14-15-16-17-18-19-20-21-22-24-28-25-23-26-29(27-28)33(30,31)32;/h2*23,25-27H,2-22,24H2,1H3,(H,30,31,32);/q;;+2/p-2. The molecular weight excluding hydrogens is 881 g/mol. The second kappa shape index (κ2) is 47.4. The summed E-state index contributed by atoms with van der Waals surface area (Å²) in [5.74, 6) is 0. The van der Waals surface area contributed by atoms with Gasteiger partial charge in [0.25, 0.3) is 0 Å². The Hall–Kier alpha value is -0.974. The molecule has 0 saturated heterocycles. The van der Waals surface area contributed by atoms with Crippen LogP contribution in [0.15, 0.2) is 58.3 Å². The minimum absolute atomic E-state index is 0. The molecule has 9 heteroatoms. The van der Waals surface area contributed by atoms with Crippen molar-refractivity contribution in [1.82, 2.24) is 0 Å². The normalized spacial score (nSPS) is 11.6. The maximum atomic E-state index is 11.1. The molecule has 0 heterocycles. The van der Waals surface area contributed by atoms with Gasteiger partial charge in [0.1, 0.15) is 20.2 Å². The Bertz CT molecular complexity index is 1460. The number of hydrogen-bond donors (Lipinski definition) is 0. The quantitative estimate of drug-likeness (QED) is 0.0371. The Morgan fingerprint density at radius 1 is 0.299 bits per heavy atom. The first-order chi connectivity index (χ1) is 32.1. The Morgan fingerprint density at radius 3 is 0.657 bits per heavy atom. The summed E-state index contributed by atoms with van der Waals surface area (Å²) in [5, 5.41) is 0. The Morgan fingerprint density at radius 2 is 0.478 bits per heavy atom. The molecule has 0 unspecified atom stereocenters. The zero-order chi connectivity index (χ0) is 48.1. The van der Waals surface area contributed by atoms with Crippen LogP contribution in [0.4, 0.5) is 0 Å². The van der Waals surface area contributed by atoms with E-state index in [-0.39, 0.29) is 32.8 Å². The van der Waals surface area contributed by atoms with Gasteiger partial charge in [0.2, 0.25) is 0 Å². The smallest absolute Gasteiger partial charge is 0.744 e. The van der Waals surface area contributed by atoms with Crippen molar-refractivity contribution in [2.45, 2.75) is 306 Å². The number of rotatable bonds is 46. The molecule has 0 aromatic heterocycles. The first-order valence-corrected chi connectivity index (χ1v) is 31.0. The summed E-state index contributed by atoms with van der Waals surface area (Å²) >= 11 is 0. The average Bonchev–Trinajstić information content (AvgIpc) is 3.30. The van der Waals surface area contributed by atoms with E-state index < -0.39 is 20.2 Å². The molecule has 0 atom stereocenters. The molecule has 2 rings (SSSR count). The van der Waals surface area contributed by atoms with Crippen molar-refractivity contribution in [2.75, 3.05) is 0 Å². The van der Waals surface area contributed by atoms with Crippen LogP contribution in [0.3, 0.4) is 0 Å². The molecule has 6 nitrogen and oxygen atoms in total. The molecule has 2 aromatic carbocycles. The van der Waals surface area contributed by atoms with Crippen molar-refractivity contribution < 1.29 is 25.9 Å². The van der Waals surface area contributed by atoms with Crippen LogP contribution >= 0.6 is 0 Å². The zero-order valence-electron chi connectivity index (χ0n) is 43.7. The van der Waals surface area contributed by atoms with Crippen LogP contribution in [0, 0.1) is 0 Å². The monoisotopic (exact) mass is 983 g/mol. The number of benzene rings is 2. The fourth-order valence-corrected chi connectivity index (χ4v) is 10.3. The van der Waals surface area contributed by atoms with E-state index in [1.165, 1.54) is 281 Å². The number of unbranched alkanes of at least 4 members (excludes halogenated alkanes) is 40. The van der Waals surface area contributed by atoms with E-state index in [1.54, 1.807) is 12.1 Å². The van der Waals surface area contributed by atoms with Gasteiger partial charge in [0.15, 0.2) is 0 Å². The van der Waals surface area contributed by atoms with Crippen LogP contribution in [-0.2, 0) is 33.1 Å². The van der Waals surface area contributed by atoms with Crippen LogP contribution in [0.2, 0.25) is 0 Å². The van der Waals surface area contributed by atoms with Gasteiger partial charge in [-0.3, -0.25) is 0 Å². The molecule has 0 amide bonds. The molecule has 2 aromatic rings. The van der Waals surface area contributed by atoms with E-state index in [0.29, 0.717) is 0 Å². The van der Waals surface area contributed by atoms with E-state index in [4.69, 9.17) is 0 Å². The second-order valence-electron chi connectivity index (χ2n) is 19.8. The van der Waals surface area contributed by atoms with Crippen LogP contribution < -0.4 is 0 Å². The van der Waals surface area contributed by atoms with Crippen LogP contribution in [0.5, 0.6) is 0 Å². The summed E-state index contributed by atoms with van der Waals surface area (Å²) in [6.07, 6.45) is 59.4. The average molecular weight is 984 g/mol. The molecule has 0 fully saturated rings. The summed E-state index contributed by atoms with van der Waals surface area (Å²) in [7, 11) is -8.68. The Labute approximate surface area is 432 Å². The van der Waals surface area contributed by atoms with Gasteiger partial charge < -0.3 is 9.11 Å². The van der Waals surface area contributed by atoms with Crippen LogP contribution in [0.25, 0.3) is 0 Å². The molecule has 0 aliphatic carbocycles. The first kappa shape index (κ1) is 66.0. The van der Waals surface area contributed by atoms with Crippen LogP contribution in [-0.4, -0.2) is 49.0 Å². The predicted molar refractivity (Wildman–Crippen MR) is 287 cm³/mol. The first-order valence-electron chi connectivity index (χ1n) is 28.2. The van der Waals surface area contributed by atoms with Gasteiger partial charge in [-0.25, -0.2) is 16.8 Å². The van der Waals surface area contributed by atoms with Crippen molar-refractivity contribution in [1.29, 1.82) is 0 Å². The molecule has 0 spiro atoms. The van der Waals surface area contributed by atoms with Crippen molar-refractivity contribution in [2.24, 2.45) is 0 Å². The maximum absolute atomic E-state index is 11.1. The van der Waals surface area contributed by atoms with Gasteiger partial charge in [-0.15, -0.1) is 0 Å². The number of aryl methyl sites for hydroxylation is 2. The third-order valence-electron chi connectivity index (χ3n) is 13.5.